The molecule has 3 nitrogen and oxygen atoms in total. The van der Waals surface area contributed by atoms with Gasteiger partial charge in [0, 0.05) is 5.75 Å². The van der Waals surface area contributed by atoms with E-state index in [-0.39, 0.29) is 11.9 Å². The van der Waals surface area contributed by atoms with Crippen LogP contribution in [0.25, 0.3) is 0 Å². The van der Waals surface area contributed by atoms with Crippen LogP contribution < -0.4 is 10.1 Å². The molecule has 1 unspecified atom stereocenters. The Morgan fingerprint density at radius 1 is 1.08 bits per heavy atom. The van der Waals surface area contributed by atoms with Crippen molar-refractivity contribution in [1.82, 2.24) is 5.32 Å². The van der Waals surface area contributed by atoms with Crippen LogP contribution in [0.5, 0.6) is 5.75 Å². The molecule has 0 saturated heterocycles. The molecule has 0 heterocycles. The number of hydrogen-bond donors (Lipinski definition) is 1. The van der Waals surface area contributed by atoms with E-state index in [0.29, 0.717) is 5.75 Å². The van der Waals surface area contributed by atoms with Crippen LogP contribution in [0, 0.1) is 0 Å². The third kappa shape index (κ3) is 5.60. The van der Waals surface area contributed by atoms with Crippen molar-refractivity contribution in [2.45, 2.75) is 32.1 Å². The molecule has 1 atom stereocenters. The molecule has 0 aromatic heterocycles. The first kappa shape index (κ1) is 18.4. The van der Waals surface area contributed by atoms with Gasteiger partial charge >= 0.3 is 0 Å². The highest BCUT2D eigenvalue weighted by Crippen LogP contribution is 2.17. The molecule has 0 saturated carbocycles. The fraction of sp³-hybridized carbons (Fsp3) is 0.350. The zero-order valence-corrected chi connectivity index (χ0v) is 15.4. The monoisotopic (exact) mass is 343 g/mol. The predicted octanol–water partition coefficient (Wildman–Crippen LogP) is 4.37. The van der Waals surface area contributed by atoms with E-state index in [1.165, 1.54) is 11.1 Å². The summed E-state index contributed by atoms with van der Waals surface area (Å²) in [5, 5.41) is 3.06. The van der Waals surface area contributed by atoms with E-state index >= 15 is 0 Å². The van der Waals surface area contributed by atoms with Gasteiger partial charge in [0.05, 0.1) is 18.9 Å². The van der Waals surface area contributed by atoms with Gasteiger partial charge in [0.1, 0.15) is 5.75 Å². The van der Waals surface area contributed by atoms with E-state index in [1.54, 1.807) is 18.9 Å². The summed E-state index contributed by atoms with van der Waals surface area (Å²) >= 11 is 1.62. The first-order valence-electron chi connectivity index (χ1n) is 8.21. The second-order valence-corrected chi connectivity index (χ2v) is 6.71. The predicted molar refractivity (Wildman–Crippen MR) is 102 cm³/mol. The van der Waals surface area contributed by atoms with E-state index < -0.39 is 0 Å². The number of carbonyl (C=O) groups is 1. The number of methoxy groups -OCH3 is 1. The van der Waals surface area contributed by atoms with Crippen LogP contribution in [0.4, 0.5) is 0 Å². The van der Waals surface area contributed by atoms with Crippen LogP contribution >= 0.6 is 11.8 Å². The summed E-state index contributed by atoms with van der Waals surface area (Å²) in [5.74, 6) is 2.20. The van der Waals surface area contributed by atoms with Gasteiger partial charge in [0.2, 0.25) is 5.91 Å². The van der Waals surface area contributed by atoms with Crippen molar-refractivity contribution < 1.29 is 9.53 Å². The topological polar surface area (TPSA) is 38.3 Å². The fourth-order valence-corrected chi connectivity index (χ4v) is 3.19. The van der Waals surface area contributed by atoms with Gasteiger partial charge in [-0.25, -0.2) is 0 Å². The zero-order valence-electron chi connectivity index (χ0n) is 14.5. The SMILES string of the molecule is CCc1ccc(C(C)NC(=O)CSCc2ccc(OC)cc2)cc1. The quantitative estimate of drug-likeness (QED) is 0.773. The van der Waals surface area contributed by atoms with E-state index in [4.69, 9.17) is 4.74 Å². The number of carbonyl (C=O) groups excluding carboxylic acids is 1. The second kappa shape index (κ2) is 9.38. The van der Waals surface area contributed by atoms with Crippen molar-refractivity contribution in [3.63, 3.8) is 0 Å². The number of nitrogens with one attached hydrogen (secondary N) is 1. The average Bonchev–Trinajstić information content (AvgIpc) is 2.62. The molecule has 0 aliphatic rings. The lowest BCUT2D eigenvalue weighted by molar-refractivity contribution is -0.119. The molecule has 128 valence electrons. The second-order valence-electron chi connectivity index (χ2n) is 5.73. The van der Waals surface area contributed by atoms with Gasteiger partial charge < -0.3 is 10.1 Å². The van der Waals surface area contributed by atoms with Crippen LogP contribution in [-0.4, -0.2) is 18.8 Å². The number of ether oxygens (including phenoxy) is 1. The number of rotatable bonds is 8. The highest BCUT2D eigenvalue weighted by molar-refractivity contribution is 7.99. The van der Waals surface area contributed by atoms with Crippen LogP contribution in [0.15, 0.2) is 48.5 Å². The van der Waals surface area contributed by atoms with E-state index in [2.05, 4.69) is 36.5 Å². The number of amides is 1. The summed E-state index contributed by atoms with van der Waals surface area (Å²) < 4.78 is 5.14. The minimum atomic E-state index is 0.0324. The number of aryl methyl sites for hydroxylation is 1. The molecule has 0 aliphatic carbocycles. The maximum Gasteiger partial charge on any atom is 0.230 e. The molecule has 0 fully saturated rings. The van der Waals surface area contributed by atoms with Gasteiger partial charge in [0.25, 0.3) is 0 Å². The molecule has 1 amide bonds. The summed E-state index contributed by atoms with van der Waals surface area (Å²) in [6.45, 7) is 4.16. The summed E-state index contributed by atoms with van der Waals surface area (Å²) in [4.78, 5) is 12.1. The molecule has 2 aromatic rings. The van der Waals surface area contributed by atoms with Crippen LogP contribution in [0.1, 0.15) is 36.6 Å². The zero-order chi connectivity index (χ0) is 17.4. The molecule has 4 heteroatoms. The van der Waals surface area contributed by atoms with Crippen molar-refractivity contribution >= 4 is 17.7 Å². The number of benzene rings is 2. The smallest absolute Gasteiger partial charge is 0.230 e. The van der Waals surface area contributed by atoms with Crippen molar-refractivity contribution in [2.24, 2.45) is 0 Å². The molecule has 0 radical (unpaired) electrons. The number of thioether (sulfide) groups is 1. The maximum absolute atomic E-state index is 12.1. The minimum Gasteiger partial charge on any atom is -0.497 e. The molecule has 0 aliphatic heterocycles. The van der Waals surface area contributed by atoms with E-state index in [0.717, 1.165) is 23.5 Å². The molecular weight excluding hydrogens is 318 g/mol. The van der Waals surface area contributed by atoms with Crippen molar-refractivity contribution in [2.75, 3.05) is 12.9 Å². The van der Waals surface area contributed by atoms with Gasteiger partial charge in [-0.15, -0.1) is 11.8 Å². The van der Waals surface area contributed by atoms with Crippen molar-refractivity contribution in [3.05, 3.63) is 65.2 Å². The molecule has 0 bridgehead atoms. The highest BCUT2D eigenvalue weighted by atomic mass is 32.2. The largest absolute Gasteiger partial charge is 0.497 e. The fourth-order valence-electron chi connectivity index (χ4n) is 2.39. The van der Waals surface area contributed by atoms with Gasteiger partial charge in [-0.05, 0) is 42.2 Å². The van der Waals surface area contributed by atoms with Crippen LogP contribution in [0.2, 0.25) is 0 Å². The first-order chi connectivity index (χ1) is 11.6. The molecule has 0 spiro atoms. The summed E-state index contributed by atoms with van der Waals surface area (Å²) in [5.41, 5.74) is 3.64. The molecule has 1 N–H and O–H groups in total. The Morgan fingerprint density at radius 2 is 1.71 bits per heavy atom. The average molecular weight is 343 g/mol. The lowest BCUT2D eigenvalue weighted by atomic mass is 10.1. The number of hydrogen-bond acceptors (Lipinski definition) is 3. The summed E-state index contributed by atoms with van der Waals surface area (Å²) in [7, 11) is 1.66. The van der Waals surface area contributed by atoms with Crippen molar-refractivity contribution in [3.8, 4) is 5.75 Å². The molecule has 24 heavy (non-hydrogen) atoms. The van der Waals surface area contributed by atoms with Crippen molar-refractivity contribution in [1.29, 1.82) is 0 Å². The summed E-state index contributed by atoms with van der Waals surface area (Å²) in [6.07, 6.45) is 1.03. The Kier molecular flexibility index (Phi) is 7.19. The Bertz CT molecular complexity index is 638. The molecule has 2 aromatic carbocycles. The van der Waals surface area contributed by atoms with Crippen LogP contribution in [0.3, 0.4) is 0 Å². The Hall–Kier alpha value is -1.94. The maximum atomic E-state index is 12.1. The lowest BCUT2D eigenvalue weighted by Crippen LogP contribution is -2.28. The van der Waals surface area contributed by atoms with Gasteiger partial charge in [-0.2, -0.15) is 0 Å². The Labute approximate surface area is 148 Å². The van der Waals surface area contributed by atoms with Gasteiger partial charge in [-0.1, -0.05) is 43.3 Å². The highest BCUT2D eigenvalue weighted by Gasteiger charge is 2.09. The standard InChI is InChI=1S/C20H25NO2S/c1-4-16-5-9-18(10-6-16)15(2)21-20(22)14-24-13-17-7-11-19(23-3)12-8-17/h5-12,15H,4,13-14H2,1-3H3,(H,21,22). The van der Waals surface area contributed by atoms with E-state index in [1.807, 2.05) is 31.2 Å². The van der Waals surface area contributed by atoms with Crippen LogP contribution in [-0.2, 0) is 17.0 Å². The lowest BCUT2D eigenvalue weighted by Gasteiger charge is -2.14. The van der Waals surface area contributed by atoms with Gasteiger partial charge in [0.15, 0.2) is 0 Å². The van der Waals surface area contributed by atoms with Gasteiger partial charge in [-0.3, -0.25) is 4.79 Å². The third-order valence-electron chi connectivity index (χ3n) is 3.93. The minimum absolute atomic E-state index is 0.0324. The normalized spacial score (nSPS) is 11.8. The molecular formula is C20H25NO2S. The first-order valence-corrected chi connectivity index (χ1v) is 9.36. The van der Waals surface area contributed by atoms with E-state index in [9.17, 15) is 4.79 Å². The Balaban J connectivity index is 1.75. The Morgan fingerprint density at radius 3 is 2.29 bits per heavy atom. The third-order valence-corrected chi connectivity index (χ3v) is 4.93. The molecule has 2 rings (SSSR count). The summed E-state index contributed by atoms with van der Waals surface area (Å²) in [6, 6.07) is 16.4.